The van der Waals surface area contributed by atoms with Crippen LogP contribution in [0.3, 0.4) is 0 Å². The van der Waals surface area contributed by atoms with Gasteiger partial charge in [0, 0.05) is 5.56 Å². The van der Waals surface area contributed by atoms with E-state index in [9.17, 15) is 9.59 Å². The maximum atomic E-state index is 11.5. The van der Waals surface area contributed by atoms with Crippen LogP contribution >= 0.6 is 0 Å². The Kier molecular flexibility index (Phi) is 2.82. The molecule has 0 spiro atoms. The second kappa shape index (κ2) is 4.29. The molecule has 0 saturated carbocycles. The van der Waals surface area contributed by atoms with E-state index in [4.69, 9.17) is 5.11 Å². The zero-order valence-electron chi connectivity index (χ0n) is 9.28. The van der Waals surface area contributed by atoms with Gasteiger partial charge in [-0.05, 0) is 13.0 Å². The molecule has 17 heavy (non-hydrogen) atoms. The van der Waals surface area contributed by atoms with Crippen molar-refractivity contribution in [3.63, 3.8) is 0 Å². The van der Waals surface area contributed by atoms with E-state index in [0.717, 1.165) is 11.1 Å². The Morgan fingerprint density at radius 1 is 1.35 bits per heavy atom. The monoisotopic (exact) mass is 232 g/mol. The van der Waals surface area contributed by atoms with Crippen LogP contribution in [0.5, 0.6) is 0 Å². The number of carbonyl (C=O) groups is 1. The molecule has 3 N–H and O–H groups in total. The fourth-order valence-electron chi connectivity index (χ4n) is 1.75. The van der Waals surface area contributed by atoms with Gasteiger partial charge in [-0.3, -0.25) is 19.8 Å². The van der Waals surface area contributed by atoms with E-state index >= 15 is 0 Å². The summed E-state index contributed by atoms with van der Waals surface area (Å²) in [7, 11) is 0. The van der Waals surface area contributed by atoms with Crippen molar-refractivity contribution in [3.8, 4) is 11.3 Å². The zero-order valence-corrected chi connectivity index (χ0v) is 9.28. The van der Waals surface area contributed by atoms with Crippen LogP contribution in [-0.2, 0) is 11.2 Å². The predicted octanol–water partition coefficient (Wildman–Crippen LogP) is 1.31. The number of rotatable bonds is 3. The second-order valence-electron chi connectivity index (χ2n) is 3.87. The summed E-state index contributed by atoms with van der Waals surface area (Å²) in [6, 6.07) is 7.52. The number of hydrogen-bond donors (Lipinski definition) is 3. The lowest BCUT2D eigenvalue weighted by Crippen LogP contribution is -2.11. The number of benzene rings is 1. The third-order valence-electron chi connectivity index (χ3n) is 2.51. The molecule has 5 nitrogen and oxygen atoms in total. The molecule has 0 radical (unpaired) electrons. The lowest BCUT2D eigenvalue weighted by molar-refractivity contribution is -0.136. The van der Waals surface area contributed by atoms with E-state index in [0.29, 0.717) is 5.69 Å². The van der Waals surface area contributed by atoms with Gasteiger partial charge in [0.1, 0.15) is 0 Å². The lowest BCUT2D eigenvalue weighted by Gasteiger charge is -2.01. The van der Waals surface area contributed by atoms with Gasteiger partial charge >= 0.3 is 5.97 Å². The highest BCUT2D eigenvalue weighted by Crippen LogP contribution is 2.20. The van der Waals surface area contributed by atoms with E-state index in [1.54, 1.807) is 0 Å². The Bertz CT molecular complexity index is 610. The molecule has 0 fully saturated rings. The van der Waals surface area contributed by atoms with E-state index in [1.165, 1.54) is 0 Å². The maximum absolute atomic E-state index is 11.5. The van der Waals surface area contributed by atoms with E-state index in [1.807, 2.05) is 31.2 Å². The Balaban J connectivity index is 2.52. The zero-order chi connectivity index (χ0) is 12.4. The van der Waals surface area contributed by atoms with Crippen molar-refractivity contribution in [1.29, 1.82) is 0 Å². The van der Waals surface area contributed by atoms with Gasteiger partial charge in [0.25, 0.3) is 5.56 Å². The molecule has 1 heterocycles. The molecule has 0 bridgehead atoms. The van der Waals surface area contributed by atoms with E-state index in [-0.39, 0.29) is 17.5 Å². The van der Waals surface area contributed by atoms with Crippen molar-refractivity contribution in [2.45, 2.75) is 13.3 Å². The first-order valence-electron chi connectivity index (χ1n) is 5.16. The lowest BCUT2D eigenvalue weighted by atomic mass is 10.0. The molecule has 0 amide bonds. The Hall–Kier alpha value is -2.30. The molecule has 0 atom stereocenters. The van der Waals surface area contributed by atoms with Crippen LogP contribution in [0.25, 0.3) is 11.3 Å². The number of carboxylic acids is 1. The molecule has 0 aliphatic carbocycles. The van der Waals surface area contributed by atoms with Crippen LogP contribution in [-0.4, -0.2) is 21.3 Å². The molecule has 0 saturated heterocycles. The van der Waals surface area contributed by atoms with Crippen LogP contribution < -0.4 is 5.56 Å². The summed E-state index contributed by atoms with van der Waals surface area (Å²) < 4.78 is 0. The summed E-state index contributed by atoms with van der Waals surface area (Å²) in [6.45, 7) is 1.94. The Labute approximate surface area is 97.1 Å². The first kappa shape index (κ1) is 11.2. The average Bonchev–Trinajstić information content (AvgIpc) is 2.60. The molecule has 2 aromatic rings. The minimum absolute atomic E-state index is 0.253. The predicted molar refractivity (Wildman–Crippen MR) is 62.9 cm³/mol. The first-order valence-corrected chi connectivity index (χ1v) is 5.16. The second-order valence-corrected chi connectivity index (χ2v) is 3.87. The van der Waals surface area contributed by atoms with Crippen molar-refractivity contribution in [2.75, 3.05) is 0 Å². The maximum Gasteiger partial charge on any atom is 0.308 e. The number of aromatic amines is 2. The minimum Gasteiger partial charge on any atom is -0.481 e. The van der Waals surface area contributed by atoms with Crippen LogP contribution in [0.4, 0.5) is 0 Å². The number of aliphatic carboxylic acids is 1. The topological polar surface area (TPSA) is 86.0 Å². The van der Waals surface area contributed by atoms with Crippen LogP contribution in [0, 0.1) is 6.92 Å². The van der Waals surface area contributed by atoms with Gasteiger partial charge in [-0.2, -0.15) is 0 Å². The molecule has 0 aliphatic rings. The summed E-state index contributed by atoms with van der Waals surface area (Å²) in [5.41, 5.74) is 2.26. The van der Waals surface area contributed by atoms with Gasteiger partial charge < -0.3 is 5.11 Å². The molecule has 1 aromatic carbocycles. The van der Waals surface area contributed by atoms with Crippen LogP contribution in [0.2, 0.25) is 0 Å². The van der Waals surface area contributed by atoms with Gasteiger partial charge in [0.2, 0.25) is 0 Å². The minimum atomic E-state index is -1.02. The van der Waals surface area contributed by atoms with Gasteiger partial charge in [-0.1, -0.05) is 23.8 Å². The van der Waals surface area contributed by atoms with Gasteiger partial charge in [0.05, 0.1) is 17.7 Å². The highest BCUT2D eigenvalue weighted by atomic mass is 16.4. The summed E-state index contributed by atoms with van der Waals surface area (Å²) in [5.74, 6) is -1.02. The number of nitrogens with one attached hydrogen (secondary N) is 2. The van der Waals surface area contributed by atoms with Crippen LogP contribution in [0.1, 0.15) is 11.1 Å². The molecule has 1 aromatic heterocycles. The standard InChI is InChI=1S/C12H12N2O3/c1-7-3-2-4-8(5-7)11-9(6-10(15)16)12(17)14-13-11/h2-5H,6H2,1H3,(H,15,16)(H2,13,14,17). The van der Waals surface area contributed by atoms with E-state index < -0.39 is 5.97 Å². The molecular formula is C12H12N2O3. The van der Waals surface area contributed by atoms with Crippen molar-refractivity contribution >= 4 is 5.97 Å². The fraction of sp³-hybridized carbons (Fsp3) is 0.167. The molecule has 88 valence electrons. The molecular weight excluding hydrogens is 220 g/mol. The molecule has 2 rings (SSSR count). The molecule has 0 aliphatic heterocycles. The van der Waals surface area contributed by atoms with Crippen molar-refractivity contribution < 1.29 is 9.90 Å². The summed E-state index contributed by atoms with van der Waals surface area (Å²) in [5, 5.41) is 13.9. The first-order chi connectivity index (χ1) is 8.08. The number of aryl methyl sites for hydroxylation is 1. The van der Waals surface area contributed by atoms with Crippen molar-refractivity contribution in [1.82, 2.24) is 10.2 Å². The SMILES string of the molecule is Cc1cccc(-c2[nH][nH]c(=O)c2CC(=O)O)c1. The number of carboxylic acid groups (broad SMARTS) is 1. The Morgan fingerprint density at radius 2 is 2.12 bits per heavy atom. The molecule has 0 unspecified atom stereocenters. The van der Waals surface area contributed by atoms with Crippen molar-refractivity contribution in [3.05, 3.63) is 45.7 Å². The van der Waals surface area contributed by atoms with Crippen molar-refractivity contribution in [2.24, 2.45) is 0 Å². The normalized spacial score (nSPS) is 10.4. The number of aromatic nitrogens is 2. The smallest absolute Gasteiger partial charge is 0.308 e. The summed E-state index contributed by atoms with van der Waals surface area (Å²) in [4.78, 5) is 22.2. The van der Waals surface area contributed by atoms with Gasteiger partial charge in [-0.15, -0.1) is 0 Å². The van der Waals surface area contributed by atoms with Gasteiger partial charge in [0.15, 0.2) is 0 Å². The largest absolute Gasteiger partial charge is 0.481 e. The fourth-order valence-corrected chi connectivity index (χ4v) is 1.75. The third-order valence-corrected chi connectivity index (χ3v) is 2.51. The molecule has 5 heteroatoms. The third kappa shape index (κ3) is 2.28. The van der Waals surface area contributed by atoms with Crippen LogP contribution in [0.15, 0.2) is 29.1 Å². The number of hydrogen-bond acceptors (Lipinski definition) is 2. The Morgan fingerprint density at radius 3 is 2.76 bits per heavy atom. The summed E-state index contributed by atoms with van der Waals surface area (Å²) >= 11 is 0. The quantitative estimate of drug-likeness (QED) is 0.745. The van der Waals surface area contributed by atoms with E-state index in [2.05, 4.69) is 10.2 Å². The number of H-pyrrole nitrogens is 2. The highest BCUT2D eigenvalue weighted by molar-refractivity contribution is 5.74. The summed E-state index contributed by atoms with van der Waals surface area (Å²) in [6.07, 6.45) is -0.290. The average molecular weight is 232 g/mol. The highest BCUT2D eigenvalue weighted by Gasteiger charge is 2.14. The van der Waals surface area contributed by atoms with Gasteiger partial charge in [-0.25, -0.2) is 0 Å².